The van der Waals surface area contributed by atoms with Crippen LogP contribution in [0.4, 0.5) is 0 Å². The van der Waals surface area contributed by atoms with Crippen LogP contribution < -0.4 is 0 Å². The Morgan fingerprint density at radius 3 is 1.90 bits per heavy atom. The summed E-state index contributed by atoms with van der Waals surface area (Å²) in [5.41, 5.74) is 13.9. The quantitative estimate of drug-likeness (QED) is 0.165. The van der Waals surface area contributed by atoms with Gasteiger partial charge in [-0.25, -0.2) is 0 Å². The summed E-state index contributed by atoms with van der Waals surface area (Å²) < 4.78 is 15.0. The first-order valence-corrected chi connectivity index (χ1v) is 18.1. The van der Waals surface area contributed by atoms with Crippen molar-refractivity contribution >= 4 is 54.9 Å². The van der Waals surface area contributed by atoms with Gasteiger partial charge in [-0.15, -0.1) is 0 Å². The normalized spacial score (nSPS) is 14.1. The van der Waals surface area contributed by atoms with Gasteiger partial charge in [-0.05, 0) is 107 Å². The van der Waals surface area contributed by atoms with E-state index in [-0.39, 0.29) is 5.41 Å². The Bertz CT molecular complexity index is 2800. The van der Waals surface area contributed by atoms with Gasteiger partial charge in [-0.2, -0.15) is 0 Å². The van der Waals surface area contributed by atoms with E-state index in [0.29, 0.717) is 6.42 Å². The molecule has 52 heavy (non-hydrogen) atoms. The maximum Gasteiger partial charge on any atom is 0.134 e. The second kappa shape index (κ2) is 11.6. The summed E-state index contributed by atoms with van der Waals surface area (Å²) in [5.74, 6) is 1.82. The number of nitrogens with zero attached hydrogens (tertiary/aromatic N) is 1. The van der Waals surface area contributed by atoms with Crippen LogP contribution in [0.15, 0.2) is 167 Å². The second-order valence-corrected chi connectivity index (χ2v) is 14.6. The molecule has 0 radical (unpaired) electrons. The van der Waals surface area contributed by atoms with Gasteiger partial charge in [0.1, 0.15) is 22.7 Å². The topological polar surface area (TPSA) is 31.2 Å². The Labute approximate surface area is 302 Å². The molecule has 0 fully saturated rings. The molecule has 6 aromatic carbocycles. The van der Waals surface area contributed by atoms with Crippen molar-refractivity contribution in [2.45, 2.75) is 32.6 Å². The third kappa shape index (κ3) is 4.81. The average Bonchev–Trinajstić information content (AvgIpc) is 3.93. The van der Waals surface area contributed by atoms with Crippen LogP contribution in [0.3, 0.4) is 0 Å². The SMILES string of the molecule is C/C(=C\C(=C/Cc1cc2ccccc2o1)c1ccc2c(c1)C(C)(C)c1cc(-n3c4ccccc4c4ccccc43)ccc1-2)c1cc2ccccc2o1. The Hall–Kier alpha value is -6.32. The molecule has 3 heterocycles. The fourth-order valence-corrected chi connectivity index (χ4v) is 8.33. The second-order valence-electron chi connectivity index (χ2n) is 14.6. The van der Waals surface area contributed by atoms with Gasteiger partial charge >= 0.3 is 0 Å². The van der Waals surface area contributed by atoms with Gasteiger partial charge in [0.25, 0.3) is 0 Å². The molecule has 0 amide bonds. The Kier molecular flexibility index (Phi) is 6.81. The van der Waals surface area contributed by atoms with Crippen LogP contribution in [0.5, 0.6) is 0 Å². The fourth-order valence-electron chi connectivity index (χ4n) is 8.33. The van der Waals surface area contributed by atoms with Gasteiger partial charge < -0.3 is 13.4 Å². The Balaban J connectivity index is 1.07. The van der Waals surface area contributed by atoms with E-state index >= 15 is 0 Å². The lowest BCUT2D eigenvalue weighted by molar-refractivity contribution is 0.565. The molecule has 0 N–H and O–H groups in total. The maximum atomic E-state index is 6.30. The molecule has 0 aliphatic heterocycles. The predicted molar refractivity (Wildman–Crippen MR) is 216 cm³/mol. The predicted octanol–water partition coefficient (Wildman–Crippen LogP) is 13.3. The van der Waals surface area contributed by atoms with Gasteiger partial charge in [-0.3, -0.25) is 0 Å². The highest BCUT2D eigenvalue weighted by molar-refractivity contribution is 6.09. The summed E-state index contributed by atoms with van der Waals surface area (Å²) in [4.78, 5) is 0. The van der Waals surface area contributed by atoms with Crippen molar-refractivity contribution in [2.75, 3.05) is 0 Å². The largest absolute Gasteiger partial charge is 0.461 e. The molecule has 3 heteroatoms. The minimum atomic E-state index is -0.198. The third-order valence-electron chi connectivity index (χ3n) is 11.0. The van der Waals surface area contributed by atoms with Crippen molar-refractivity contribution < 1.29 is 8.83 Å². The average molecular weight is 672 g/mol. The molecule has 0 saturated carbocycles. The number of aromatic nitrogens is 1. The Morgan fingerprint density at radius 2 is 1.21 bits per heavy atom. The standard InChI is InChI=1S/C49H37NO2/c1-31(48-29-35-13-5-11-19-47(35)52-48)26-32(20-23-37-27-34-12-4-10-18-46(34)51-37)33-21-24-38-39-25-22-36(30-43(39)49(2,3)42(38)28-33)50-44-16-8-6-14-40(44)41-15-7-9-17-45(41)50/h4-22,24-30H,23H2,1-3H3/b31-26+,32-20+. The van der Waals surface area contributed by atoms with Crippen molar-refractivity contribution in [3.63, 3.8) is 0 Å². The van der Waals surface area contributed by atoms with Crippen molar-refractivity contribution in [3.8, 4) is 16.8 Å². The number of furan rings is 2. The van der Waals surface area contributed by atoms with Gasteiger partial charge in [0.15, 0.2) is 0 Å². The summed E-state index contributed by atoms with van der Waals surface area (Å²) in [7, 11) is 0. The summed E-state index contributed by atoms with van der Waals surface area (Å²) in [5, 5.41) is 4.78. The molecule has 0 atom stereocenters. The van der Waals surface area contributed by atoms with E-state index in [1.165, 1.54) is 55.3 Å². The van der Waals surface area contributed by atoms with Gasteiger partial charge in [0.2, 0.25) is 0 Å². The van der Waals surface area contributed by atoms with E-state index in [1.807, 2.05) is 24.3 Å². The number of benzene rings is 6. The minimum Gasteiger partial charge on any atom is -0.461 e. The summed E-state index contributed by atoms with van der Waals surface area (Å²) in [6.45, 7) is 6.87. The van der Waals surface area contributed by atoms with E-state index in [1.54, 1.807) is 0 Å². The zero-order valence-electron chi connectivity index (χ0n) is 29.5. The van der Waals surface area contributed by atoms with Crippen LogP contribution in [0, 0.1) is 0 Å². The van der Waals surface area contributed by atoms with E-state index in [0.717, 1.165) is 44.6 Å². The number of hydrogen-bond donors (Lipinski definition) is 0. The van der Waals surface area contributed by atoms with Crippen LogP contribution in [-0.2, 0) is 11.8 Å². The summed E-state index contributed by atoms with van der Waals surface area (Å²) in [6, 6.07) is 52.2. The molecule has 0 bridgehead atoms. The lowest BCUT2D eigenvalue weighted by Gasteiger charge is -2.23. The van der Waals surface area contributed by atoms with E-state index in [4.69, 9.17) is 8.83 Å². The van der Waals surface area contributed by atoms with Crippen LogP contribution in [0.2, 0.25) is 0 Å². The van der Waals surface area contributed by atoms with Crippen molar-refractivity contribution in [1.29, 1.82) is 0 Å². The first-order chi connectivity index (χ1) is 25.4. The zero-order chi connectivity index (χ0) is 35.0. The summed E-state index contributed by atoms with van der Waals surface area (Å²) in [6.07, 6.45) is 5.23. The third-order valence-corrected chi connectivity index (χ3v) is 11.0. The molecule has 1 aliphatic rings. The minimum absolute atomic E-state index is 0.198. The highest BCUT2D eigenvalue weighted by atomic mass is 16.3. The molecular formula is C49H37NO2. The van der Waals surface area contributed by atoms with Crippen LogP contribution in [0.1, 0.15) is 49.0 Å². The highest BCUT2D eigenvalue weighted by Crippen LogP contribution is 2.50. The van der Waals surface area contributed by atoms with Crippen molar-refractivity contribution in [3.05, 3.63) is 186 Å². The fraction of sp³-hybridized carbons (Fsp3) is 0.102. The van der Waals surface area contributed by atoms with Crippen molar-refractivity contribution in [2.24, 2.45) is 0 Å². The summed E-state index contributed by atoms with van der Waals surface area (Å²) >= 11 is 0. The molecular weight excluding hydrogens is 635 g/mol. The van der Waals surface area contributed by atoms with Crippen LogP contribution in [-0.4, -0.2) is 4.57 Å². The number of allylic oxidation sites excluding steroid dienone is 4. The molecule has 250 valence electrons. The Morgan fingerprint density at radius 1 is 0.615 bits per heavy atom. The van der Waals surface area contributed by atoms with E-state index in [2.05, 4.69) is 159 Å². The highest BCUT2D eigenvalue weighted by Gasteiger charge is 2.36. The maximum absolute atomic E-state index is 6.30. The van der Waals surface area contributed by atoms with Crippen LogP contribution in [0.25, 0.3) is 71.7 Å². The molecule has 0 saturated heterocycles. The van der Waals surface area contributed by atoms with Gasteiger partial charge in [0, 0.05) is 39.1 Å². The molecule has 10 rings (SSSR count). The number of fused-ring (bicyclic) bond motifs is 8. The monoisotopic (exact) mass is 671 g/mol. The lowest BCUT2D eigenvalue weighted by Crippen LogP contribution is -2.15. The molecule has 3 nitrogen and oxygen atoms in total. The first kappa shape index (κ1) is 30.5. The number of rotatable bonds is 6. The zero-order valence-corrected chi connectivity index (χ0v) is 29.5. The number of hydrogen-bond acceptors (Lipinski definition) is 2. The molecule has 0 unspecified atom stereocenters. The smallest absolute Gasteiger partial charge is 0.134 e. The molecule has 9 aromatic rings. The molecule has 1 aliphatic carbocycles. The van der Waals surface area contributed by atoms with E-state index < -0.39 is 0 Å². The van der Waals surface area contributed by atoms with E-state index in [9.17, 15) is 0 Å². The molecule has 0 spiro atoms. The van der Waals surface area contributed by atoms with Crippen LogP contribution >= 0.6 is 0 Å². The number of para-hydroxylation sites is 4. The van der Waals surface area contributed by atoms with Gasteiger partial charge in [0.05, 0.1) is 11.0 Å². The molecule has 3 aromatic heterocycles. The van der Waals surface area contributed by atoms with Crippen molar-refractivity contribution in [1.82, 2.24) is 4.57 Å². The first-order valence-electron chi connectivity index (χ1n) is 18.1. The van der Waals surface area contributed by atoms with Gasteiger partial charge in [-0.1, -0.05) is 111 Å². The lowest BCUT2D eigenvalue weighted by atomic mass is 9.81.